The van der Waals surface area contributed by atoms with Crippen molar-refractivity contribution < 1.29 is 4.79 Å². The van der Waals surface area contributed by atoms with Gasteiger partial charge in [-0.1, -0.05) is 35.3 Å². The normalized spacial score (nSPS) is 18.1. The Morgan fingerprint density at radius 2 is 1.71 bits per heavy atom. The SMILES string of the molecule is CC1=C(C(=O)N2CCN(c3ccc(C)c(C)c3)CC2)C(c2ccc(Cl)c(Cl)c2)n2nccc2N1. The van der Waals surface area contributed by atoms with Crippen molar-refractivity contribution in [2.75, 3.05) is 36.4 Å². The lowest BCUT2D eigenvalue weighted by Gasteiger charge is -2.38. The van der Waals surface area contributed by atoms with Gasteiger partial charge < -0.3 is 15.1 Å². The molecule has 2 aromatic carbocycles. The number of allylic oxidation sites excluding steroid dienone is 1. The van der Waals surface area contributed by atoms with E-state index in [1.807, 2.05) is 34.7 Å². The predicted molar refractivity (Wildman–Crippen MR) is 138 cm³/mol. The van der Waals surface area contributed by atoms with Crippen LogP contribution in [0.4, 0.5) is 11.5 Å². The molecule has 34 heavy (non-hydrogen) atoms. The van der Waals surface area contributed by atoms with Gasteiger partial charge in [-0.3, -0.25) is 4.79 Å². The maximum absolute atomic E-state index is 13.9. The number of hydrogen-bond donors (Lipinski definition) is 1. The lowest BCUT2D eigenvalue weighted by atomic mass is 9.94. The second-order valence-corrected chi connectivity index (χ2v) is 9.76. The molecule has 1 N–H and O–H groups in total. The first-order valence-corrected chi connectivity index (χ1v) is 12.2. The Labute approximate surface area is 209 Å². The molecule has 1 saturated heterocycles. The van der Waals surface area contributed by atoms with E-state index in [2.05, 4.69) is 47.4 Å². The molecule has 1 unspecified atom stereocenters. The van der Waals surface area contributed by atoms with Crippen molar-refractivity contribution in [3.05, 3.63) is 86.7 Å². The number of halogens is 2. The molecule has 1 atom stereocenters. The average molecular weight is 496 g/mol. The Bertz CT molecular complexity index is 1290. The van der Waals surface area contributed by atoms with Gasteiger partial charge in [-0.15, -0.1) is 0 Å². The van der Waals surface area contributed by atoms with Crippen molar-refractivity contribution in [3.63, 3.8) is 0 Å². The van der Waals surface area contributed by atoms with Crippen LogP contribution < -0.4 is 10.2 Å². The number of carbonyl (C=O) groups excluding carboxylic acids is 1. The minimum Gasteiger partial charge on any atom is -0.368 e. The van der Waals surface area contributed by atoms with Gasteiger partial charge in [-0.05, 0) is 61.7 Å². The zero-order chi connectivity index (χ0) is 24.0. The van der Waals surface area contributed by atoms with Crippen LogP contribution in [-0.4, -0.2) is 46.8 Å². The molecule has 5 rings (SSSR count). The van der Waals surface area contributed by atoms with Crippen LogP contribution in [0.3, 0.4) is 0 Å². The van der Waals surface area contributed by atoms with E-state index in [4.69, 9.17) is 23.2 Å². The van der Waals surface area contributed by atoms with Crippen molar-refractivity contribution in [3.8, 4) is 0 Å². The lowest BCUT2D eigenvalue weighted by molar-refractivity contribution is -0.128. The Balaban J connectivity index is 1.41. The van der Waals surface area contributed by atoms with Crippen molar-refractivity contribution >= 4 is 40.6 Å². The van der Waals surface area contributed by atoms with Crippen molar-refractivity contribution in [2.24, 2.45) is 0 Å². The number of amides is 1. The maximum atomic E-state index is 13.9. The molecule has 0 bridgehead atoms. The lowest BCUT2D eigenvalue weighted by Crippen LogP contribution is -2.50. The van der Waals surface area contributed by atoms with Crippen LogP contribution in [0.2, 0.25) is 10.0 Å². The maximum Gasteiger partial charge on any atom is 0.254 e. The number of piperazine rings is 1. The molecule has 1 aromatic heterocycles. The number of nitrogens with zero attached hydrogens (tertiary/aromatic N) is 4. The van der Waals surface area contributed by atoms with E-state index in [0.29, 0.717) is 28.7 Å². The second-order valence-electron chi connectivity index (χ2n) is 8.95. The summed E-state index contributed by atoms with van der Waals surface area (Å²) >= 11 is 12.5. The number of anilines is 2. The van der Waals surface area contributed by atoms with E-state index < -0.39 is 0 Å². The summed E-state index contributed by atoms with van der Waals surface area (Å²) in [7, 11) is 0. The van der Waals surface area contributed by atoms with E-state index in [-0.39, 0.29) is 11.9 Å². The molecule has 0 radical (unpaired) electrons. The number of benzene rings is 2. The van der Waals surface area contributed by atoms with Gasteiger partial charge in [0.1, 0.15) is 11.9 Å². The fourth-order valence-corrected chi connectivity index (χ4v) is 5.04. The molecule has 2 aliphatic rings. The smallest absolute Gasteiger partial charge is 0.254 e. The zero-order valence-electron chi connectivity index (χ0n) is 19.5. The van der Waals surface area contributed by atoms with Gasteiger partial charge in [-0.2, -0.15) is 5.10 Å². The molecule has 0 spiro atoms. The Morgan fingerprint density at radius 1 is 0.941 bits per heavy atom. The van der Waals surface area contributed by atoms with Crippen LogP contribution in [0.1, 0.15) is 29.7 Å². The summed E-state index contributed by atoms with van der Waals surface area (Å²) in [6.45, 7) is 9.09. The molecule has 8 heteroatoms. The molecule has 176 valence electrons. The van der Waals surface area contributed by atoms with Gasteiger partial charge in [0, 0.05) is 43.6 Å². The van der Waals surface area contributed by atoms with E-state index in [1.54, 1.807) is 12.3 Å². The number of carbonyl (C=O) groups is 1. The molecular weight excluding hydrogens is 469 g/mol. The topological polar surface area (TPSA) is 53.4 Å². The number of rotatable bonds is 3. The van der Waals surface area contributed by atoms with Gasteiger partial charge >= 0.3 is 0 Å². The van der Waals surface area contributed by atoms with Crippen LogP contribution in [0.25, 0.3) is 0 Å². The molecule has 3 heterocycles. The number of aromatic nitrogens is 2. The number of aryl methyl sites for hydroxylation is 2. The van der Waals surface area contributed by atoms with E-state index in [9.17, 15) is 4.79 Å². The molecule has 1 amide bonds. The van der Waals surface area contributed by atoms with Gasteiger partial charge in [0.15, 0.2) is 0 Å². The van der Waals surface area contributed by atoms with Gasteiger partial charge in [0.05, 0.1) is 21.8 Å². The monoisotopic (exact) mass is 495 g/mol. The minimum absolute atomic E-state index is 0.0157. The highest BCUT2D eigenvalue weighted by Gasteiger charge is 2.36. The molecule has 3 aromatic rings. The van der Waals surface area contributed by atoms with Crippen molar-refractivity contribution in [1.82, 2.24) is 14.7 Å². The highest BCUT2D eigenvalue weighted by atomic mass is 35.5. The summed E-state index contributed by atoms with van der Waals surface area (Å²) in [6, 6.07) is 13.6. The largest absolute Gasteiger partial charge is 0.368 e. The Kier molecular flexibility index (Phi) is 6.04. The van der Waals surface area contributed by atoms with Crippen molar-refractivity contribution in [1.29, 1.82) is 0 Å². The average Bonchev–Trinajstić information content (AvgIpc) is 3.29. The van der Waals surface area contributed by atoms with E-state index in [0.717, 1.165) is 30.2 Å². The highest BCUT2D eigenvalue weighted by Crippen LogP contribution is 2.38. The fourth-order valence-electron chi connectivity index (χ4n) is 4.73. The van der Waals surface area contributed by atoms with Crippen molar-refractivity contribution in [2.45, 2.75) is 26.8 Å². The molecule has 2 aliphatic heterocycles. The van der Waals surface area contributed by atoms with E-state index in [1.165, 1.54) is 16.8 Å². The van der Waals surface area contributed by atoms with E-state index >= 15 is 0 Å². The van der Waals surface area contributed by atoms with Crippen LogP contribution >= 0.6 is 23.2 Å². The first-order chi connectivity index (χ1) is 16.3. The van der Waals surface area contributed by atoms with Gasteiger partial charge in [0.25, 0.3) is 5.91 Å². The zero-order valence-corrected chi connectivity index (χ0v) is 21.0. The Morgan fingerprint density at radius 3 is 2.41 bits per heavy atom. The number of hydrogen-bond acceptors (Lipinski definition) is 4. The first-order valence-electron chi connectivity index (χ1n) is 11.4. The number of nitrogens with one attached hydrogen (secondary N) is 1. The minimum atomic E-state index is -0.383. The molecule has 0 aliphatic carbocycles. The third kappa shape index (κ3) is 4.05. The summed E-state index contributed by atoms with van der Waals surface area (Å²) in [5, 5.41) is 8.79. The standard InChI is InChI=1S/C26H27Cl2N5O/c1-16-4-6-20(14-17(16)2)31-10-12-32(13-11-31)26(34)24-18(3)30-23-8-9-29-33(23)25(24)19-5-7-21(27)22(28)15-19/h4-9,14-15,25,30H,10-13H2,1-3H3. The summed E-state index contributed by atoms with van der Waals surface area (Å²) < 4.78 is 1.84. The third-order valence-electron chi connectivity index (χ3n) is 6.82. The summed E-state index contributed by atoms with van der Waals surface area (Å²) in [4.78, 5) is 18.2. The van der Waals surface area contributed by atoms with Gasteiger partial charge in [0.2, 0.25) is 0 Å². The first kappa shape index (κ1) is 22.8. The predicted octanol–water partition coefficient (Wildman–Crippen LogP) is 5.44. The highest BCUT2D eigenvalue weighted by molar-refractivity contribution is 6.42. The Hall–Kier alpha value is -2.96. The van der Waals surface area contributed by atoms with Crippen LogP contribution in [0.15, 0.2) is 59.9 Å². The van der Waals surface area contributed by atoms with Crippen LogP contribution in [0.5, 0.6) is 0 Å². The van der Waals surface area contributed by atoms with Crippen LogP contribution in [-0.2, 0) is 4.79 Å². The molecule has 0 saturated carbocycles. The fraction of sp³-hybridized carbons (Fsp3) is 0.308. The van der Waals surface area contributed by atoms with Gasteiger partial charge in [-0.25, -0.2) is 4.68 Å². The summed E-state index contributed by atoms with van der Waals surface area (Å²) in [5.41, 5.74) is 6.15. The summed E-state index contributed by atoms with van der Waals surface area (Å²) in [5.74, 6) is 0.853. The molecule has 1 fully saturated rings. The van der Waals surface area contributed by atoms with Crippen LogP contribution in [0, 0.1) is 13.8 Å². The quantitative estimate of drug-likeness (QED) is 0.525. The molecular formula is C26H27Cl2N5O. The second kappa shape index (κ2) is 9.01. The summed E-state index contributed by atoms with van der Waals surface area (Å²) in [6.07, 6.45) is 1.73. The number of fused-ring (bicyclic) bond motifs is 1. The third-order valence-corrected chi connectivity index (χ3v) is 7.56. The molecule has 6 nitrogen and oxygen atoms in total.